The van der Waals surface area contributed by atoms with Crippen molar-refractivity contribution in [1.29, 1.82) is 0 Å². The number of fused-ring (bicyclic) bond motifs is 1. The van der Waals surface area contributed by atoms with Crippen LogP contribution in [0.4, 0.5) is 0 Å². The number of carbonyl (C=O) groups excluding carboxylic acids is 1. The zero-order chi connectivity index (χ0) is 16.8. The Morgan fingerprint density at radius 2 is 2.12 bits per heavy atom. The largest absolute Gasteiger partial charge is 0.338 e. The SMILES string of the molecule is C[C@@H](NCCCC(=O)N1CCc2ccccc2C1)c1cnccn1. The second-order valence-electron chi connectivity index (χ2n) is 6.24. The number of nitrogens with zero attached hydrogens (tertiary/aromatic N) is 3. The Balaban J connectivity index is 1.40. The van der Waals surface area contributed by atoms with Crippen LogP contribution >= 0.6 is 0 Å². The number of rotatable bonds is 6. The molecule has 2 aromatic rings. The molecule has 0 bridgehead atoms. The number of carbonyl (C=O) groups is 1. The molecule has 0 unspecified atom stereocenters. The van der Waals surface area contributed by atoms with E-state index >= 15 is 0 Å². The predicted molar refractivity (Wildman–Crippen MR) is 93.2 cm³/mol. The van der Waals surface area contributed by atoms with E-state index in [0.717, 1.165) is 38.2 Å². The average molecular weight is 324 g/mol. The van der Waals surface area contributed by atoms with Gasteiger partial charge in [-0.05, 0) is 37.4 Å². The standard InChI is InChI=1S/C19H24N4O/c1-15(18-13-20-10-11-22-18)21-9-4-7-19(24)23-12-8-16-5-2-3-6-17(16)14-23/h2-3,5-6,10-11,13,15,21H,4,7-9,12,14H2,1H3/t15-/m1/s1. The Morgan fingerprint density at radius 3 is 2.92 bits per heavy atom. The Kier molecular flexibility index (Phi) is 5.54. The molecule has 0 radical (unpaired) electrons. The van der Waals surface area contributed by atoms with E-state index in [4.69, 9.17) is 0 Å². The van der Waals surface area contributed by atoms with E-state index in [-0.39, 0.29) is 11.9 Å². The lowest BCUT2D eigenvalue weighted by Gasteiger charge is -2.29. The van der Waals surface area contributed by atoms with Crippen molar-refractivity contribution in [2.45, 2.75) is 38.8 Å². The molecule has 0 spiro atoms. The predicted octanol–water partition coefficient (Wildman–Crippen LogP) is 2.49. The fourth-order valence-corrected chi connectivity index (χ4v) is 3.06. The van der Waals surface area contributed by atoms with Crippen molar-refractivity contribution in [3.05, 3.63) is 59.7 Å². The normalized spacial score (nSPS) is 15.0. The topological polar surface area (TPSA) is 58.1 Å². The van der Waals surface area contributed by atoms with Crippen LogP contribution in [0.15, 0.2) is 42.9 Å². The molecule has 0 saturated carbocycles. The van der Waals surface area contributed by atoms with Crippen molar-refractivity contribution in [3.63, 3.8) is 0 Å². The van der Waals surface area contributed by atoms with E-state index in [0.29, 0.717) is 6.42 Å². The minimum absolute atomic E-state index is 0.149. The fraction of sp³-hybridized carbons (Fsp3) is 0.421. The molecule has 1 aromatic carbocycles. The van der Waals surface area contributed by atoms with Gasteiger partial charge in [-0.2, -0.15) is 0 Å². The Labute approximate surface area is 143 Å². The minimum Gasteiger partial charge on any atom is -0.338 e. The number of amides is 1. The summed E-state index contributed by atoms with van der Waals surface area (Å²) in [4.78, 5) is 22.7. The molecule has 24 heavy (non-hydrogen) atoms. The van der Waals surface area contributed by atoms with Crippen molar-refractivity contribution >= 4 is 5.91 Å². The second-order valence-corrected chi connectivity index (χ2v) is 6.24. The van der Waals surface area contributed by atoms with Gasteiger partial charge in [0, 0.05) is 44.1 Å². The monoisotopic (exact) mass is 324 g/mol. The summed E-state index contributed by atoms with van der Waals surface area (Å²) in [6, 6.07) is 8.55. The maximum atomic E-state index is 12.4. The summed E-state index contributed by atoms with van der Waals surface area (Å²) in [6.07, 6.45) is 7.53. The van der Waals surface area contributed by atoms with Gasteiger partial charge >= 0.3 is 0 Å². The summed E-state index contributed by atoms with van der Waals surface area (Å²) >= 11 is 0. The fourth-order valence-electron chi connectivity index (χ4n) is 3.06. The van der Waals surface area contributed by atoms with Gasteiger partial charge in [-0.1, -0.05) is 24.3 Å². The number of nitrogens with one attached hydrogen (secondary N) is 1. The molecule has 1 aromatic heterocycles. The van der Waals surface area contributed by atoms with Crippen LogP contribution in [0.1, 0.15) is 42.6 Å². The lowest BCUT2D eigenvalue weighted by molar-refractivity contribution is -0.132. The van der Waals surface area contributed by atoms with Crippen LogP contribution < -0.4 is 5.32 Å². The molecule has 5 heteroatoms. The maximum absolute atomic E-state index is 12.4. The molecule has 1 aliphatic rings. The van der Waals surface area contributed by atoms with Gasteiger partial charge in [-0.15, -0.1) is 0 Å². The number of hydrogen-bond donors (Lipinski definition) is 1. The van der Waals surface area contributed by atoms with Crippen LogP contribution in [0.2, 0.25) is 0 Å². The first-order chi connectivity index (χ1) is 11.7. The van der Waals surface area contributed by atoms with E-state index in [2.05, 4.69) is 40.4 Å². The third kappa shape index (κ3) is 4.17. The second kappa shape index (κ2) is 8.02. The molecule has 2 heterocycles. The van der Waals surface area contributed by atoms with Gasteiger partial charge in [0.15, 0.2) is 0 Å². The Morgan fingerprint density at radius 1 is 1.29 bits per heavy atom. The number of hydrogen-bond acceptors (Lipinski definition) is 4. The first-order valence-electron chi connectivity index (χ1n) is 8.58. The first-order valence-corrected chi connectivity index (χ1v) is 8.58. The van der Waals surface area contributed by atoms with E-state index in [1.807, 2.05) is 11.0 Å². The summed E-state index contributed by atoms with van der Waals surface area (Å²) < 4.78 is 0. The van der Waals surface area contributed by atoms with Crippen LogP contribution in [0.3, 0.4) is 0 Å². The van der Waals surface area contributed by atoms with Crippen LogP contribution in [0, 0.1) is 0 Å². The van der Waals surface area contributed by atoms with Gasteiger partial charge in [-0.3, -0.25) is 14.8 Å². The molecule has 3 rings (SSSR count). The molecule has 1 aliphatic heterocycles. The van der Waals surface area contributed by atoms with Gasteiger partial charge in [0.25, 0.3) is 0 Å². The summed E-state index contributed by atoms with van der Waals surface area (Å²) in [6.45, 7) is 4.44. The van der Waals surface area contributed by atoms with E-state index in [1.165, 1.54) is 11.1 Å². The van der Waals surface area contributed by atoms with Gasteiger partial charge in [0.1, 0.15) is 0 Å². The first kappa shape index (κ1) is 16.6. The van der Waals surface area contributed by atoms with Crippen LogP contribution in [0.5, 0.6) is 0 Å². The third-order valence-corrected chi connectivity index (χ3v) is 4.53. The molecular formula is C19H24N4O. The third-order valence-electron chi connectivity index (χ3n) is 4.53. The smallest absolute Gasteiger partial charge is 0.222 e. The van der Waals surface area contributed by atoms with E-state index in [1.54, 1.807) is 18.6 Å². The van der Waals surface area contributed by atoms with Crippen molar-refractivity contribution in [2.24, 2.45) is 0 Å². The average Bonchev–Trinajstić information content (AvgIpc) is 2.65. The number of aromatic nitrogens is 2. The van der Waals surface area contributed by atoms with Gasteiger partial charge in [-0.25, -0.2) is 0 Å². The molecule has 1 N–H and O–H groups in total. The zero-order valence-corrected chi connectivity index (χ0v) is 14.1. The summed E-state index contributed by atoms with van der Waals surface area (Å²) in [7, 11) is 0. The minimum atomic E-state index is 0.149. The highest BCUT2D eigenvalue weighted by molar-refractivity contribution is 5.76. The molecule has 0 aliphatic carbocycles. The lowest BCUT2D eigenvalue weighted by atomic mass is 9.99. The molecule has 0 saturated heterocycles. The summed E-state index contributed by atoms with van der Waals surface area (Å²) in [5.41, 5.74) is 3.59. The Hall–Kier alpha value is -2.27. The van der Waals surface area contributed by atoms with Crippen LogP contribution in [0.25, 0.3) is 0 Å². The number of benzene rings is 1. The lowest BCUT2D eigenvalue weighted by Crippen LogP contribution is -2.36. The highest BCUT2D eigenvalue weighted by atomic mass is 16.2. The van der Waals surface area contributed by atoms with Crippen molar-refractivity contribution in [3.8, 4) is 0 Å². The van der Waals surface area contributed by atoms with Gasteiger partial charge < -0.3 is 10.2 Å². The maximum Gasteiger partial charge on any atom is 0.222 e. The van der Waals surface area contributed by atoms with E-state index in [9.17, 15) is 4.79 Å². The van der Waals surface area contributed by atoms with Crippen molar-refractivity contribution < 1.29 is 4.79 Å². The highest BCUT2D eigenvalue weighted by Gasteiger charge is 2.19. The molecule has 126 valence electrons. The molecule has 1 amide bonds. The van der Waals surface area contributed by atoms with Crippen LogP contribution in [-0.2, 0) is 17.8 Å². The highest BCUT2D eigenvalue weighted by Crippen LogP contribution is 2.19. The van der Waals surface area contributed by atoms with E-state index < -0.39 is 0 Å². The van der Waals surface area contributed by atoms with Gasteiger partial charge in [0.2, 0.25) is 5.91 Å². The zero-order valence-electron chi connectivity index (χ0n) is 14.1. The summed E-state index contributed by atoms with van der Waals surface area (Å²) in [5.74, 6) is 0.249. The van der Waals surface area contributed by atoms with Crippen LogP contribution in [-0.4, -0.2) is 33.9 Å². The molecule has 5 nitrogen and oxygen atoms in total. The van der Waals surface area contributed by atoms with Crippen molar-refractivity contribution in [2.75, 3.05) is 13.1 Å². The molecule has 1 atom stereocenters. The molecular weight excluding hydrogens is 300 g/mol. The quantitative estimate of drug-likeness (QED) is 0.830. The van der Waals surface area contributed by atoms with Gasteiger partial charge in [0.05, 0.1) is 5.69 Å². The molecule has 0 fully saturated rings. The summed E-state index contributed by atoms with van der Waals surface area (Å²) in [5, 5.41) is 3.40. The van der Waals surface area contributed by atoms with Crippen molar-refractivity contribution in [1.82, 2.24) is 20.2 Å². The Bertz CT molecular complexity index is 674.